The molecule has 0 saturated carbocycles. The number of anilines is 1. The highest BCUT2D eigenvalue weighted by molar-refractivity contribution is 7.89. The van der Waals surface area contributed by atoms with Crippen molar-refractivity contribution >= 4 is 21.4 Å². The van der Waals surface area contributed by atoms with E-state index in [4.69, 9.17) is 10.9 Å². The van der Waals surface area contributed by atoms with E-state index in [1.807, 2.05) is 11.8 Å². The highest BCUT2D eigenvalue weighted by Crippen LogP contribution is 2.33. The number of hydrogen-bond acceptors (Lipinski definition) is 6. The van der Waals surface area contributed by atoms with E-state index in [-0.39, 0.29) is 22.5 Å². The first-order valence-corrected chi connectivity index (χ1v) is 8.06. The van der Waals surface area contributed by atoms with E-state index in [1.54, 1.807) is 0 Å². The topological polar surface area (TPSA) is 133 Å². The molecule has 1 aromatic carbocycles. The molecule has 0 spiro atoms. The number of benzene rings is 1. The number of nitro benzene ring substituents is 1. The summed E-state index contributed by atoms with van der Waals surface area (Å²) in [6.45, 7) is 3.18. The largest absolute Gasteiger partial charge is 0.366 e. The smallest absolute Gasteiger partial charge is 0.293 e. The molecule has 8 nitrogen and oxygen atoms in total. The molecule has 4 N–H and O–H groups in total. The number of rotatable bonds is 3. The van der Waals surface area contributed by atoms with E-state index in [2.05, 4.69) is 0 Å². The Hall–Kier alpha value is -1.71. The van der Waals surface area contributed by atoms with Crippen LogP contribution in [0.15, 0.2) is 23.1 Å². The molecule has 0 bridgehead atoms. The van der Waals surface area contributed by atoms with Crippen LogP contribution < -0.4 is 15.8 Å². The minimum absolute atomic E-state index is 0.0731. The third-order valence-electron chi connectivity index (χ3n) is 3.78. The first kappa shape index (κ1) is 15.7. The van der Waals surface area contributed by atoms with Crippen molar-refractivity contribution in [3.05, 3.63) is 28.3 Å². The van der Waals surface area contributed by atoms with Crippen LogP contribution in [-0.4, -0.2) is 32.5 Å². The summed E-state index contributed by atoms with van der Waals surface area (Å²) in [5, 5.41) is 16.2. The van der Waals surface area contributed by atoms with Crippen LogP contribution in [0.25, 0.3) is 0 Å². The van der Waals surface area contributed by atoms with Crippen molar-refractivity contribution in [2.24, 2.45) is 16.8 Å². The highest BCUT2D eigenvalue weighted by Gasteiger charge is 2.28. The first-order valence-electron chi connectivity index (χ1n) is 6.52. The van der Waals surface area contributed by atoms with Crippen LogP contribution in [0.1, 0.15) is 13.3 Å². The molecular weight excluding hydrogens is 296 g/mol. The van der Waals surface area contributed by atoms with Crippen LogP contribution in [0.2, 0.25) is 0 Å². The fourth-order valence-corrected chi connectivity index (χ4v) is 3.01. The zero-order valence-electron chi connectivity index (χ0n) is 11.6. The molecule has 116 valence electrons. The van der Waals surface area contributed by atoms with Crippen LogP contribution in [0.5, 0.6) is 0 Å². The van der Waals surface area contributed by atoms with Crippen molar-refractivity contribution in [1.82, 2.24) is 0 Å². The lowest BCUT2D eigenvalue weighted by atomic mass is 9.94. The second-order valence-electron chi connectivity index (χ2n) is 5.33. The van der Waals surface area contributed by atoms with Gasteiger partial charge in [-0.2, -0.15) is 0 Å². The van der Waals surface area contributed by atoms with Crippen molar-refractivity contribution in [2.75, 3.05) is 18.0 Å². The summed E-state index contributed by atoms with van der Waals surface area (Å²) in [5.74, 6) is 0.205. The number of nitrogens with zero attached hydrogens (tertiary/aromatic N) is 2. The van der Waals surface area contributed by atoms with Crippen molar-refractivity contribution in [3.8, 4) is 0 Å². The maximum Gasteiger partial charge on any atom is 0.293 e. The molecule has 1 fully saturated rings. The van der Waals surface area contributed by atoms with Gasteiger partial charge in [-0.25, -0.2) is 13.6 Å². The number of nitrogens with two attached hydrogens (primary N) is 2. The van der Waals surface area contributed by atoms with Gasteiger partial charge in [0.15, 0.2) is 0 Å². The Morgan fingerprint density at radius 3 is 2.62 bits per heavy atom. The third-order valence-corrected chi connectivity index (χ3v) is 4.70. The van der Waals surface area contributed by atoms with Gasteiger partial charge in [-0.15, -0.1) is 0 Å². The second kappa shape index (κ2) is 5.58. The van der Waals surface area contributed by atoms with E-state index >= 15 is 0 Å². The summed E-state index contributed by atoms with van der Waals surface area (Å²) in [7, 11) is -3.97. The molecule has 1 aliphatic heterocycles. The molecule has 0 radical (unpaired) electrons. The molecule has 2 rings (SSSR count). The van der Waals surface area contributed by atoms with Gasteiger partial charge in [0.05, 0.1) is 9.82 Å². The number of piperidine rings is 1. The van der Waals surface area contributed by atoms with Gasteiger partial charge in [-0.1, -0.05) is 6.92 Å². The minimum atomic E-state index is -3.97. The summed E-state index contributed by atoms with van der Waals surface area (Å²) in [5.41, 5.74) is 6.08. The summed E-state index contributed by atoms with van der Waals surface area (Å²) in [6, 6.07) is 3.80. The van der Waals surface area contributed by atoms with Crippen molar-refractivity contribution in [3.63, 3.8) is 0 Å². The van der Waals surface area contributed by atoms with Gasteiger partial charge >= 0.3 is 0 Å². The lowest BCUT2D eigenvalue weighted by molar-refractivity contribution is -0.384. The van der Waals surface area contributed by atoms with Gasteiger partial charge in [0.2, 0.25) is 10.0 Å². The zero-order valence-corrected chi connectivity index (χ0v) is 12.4. The fourth-order valence-electron chi connectivity index (χ4n) is 2.48. The Bertz CT molecular complexity index is 661. The molecule has 1 saturated heterocycles. The van der Waals surface area contributed by atoms with E-state index < -0.39 is 14.9 Å². The Morgan fingerprint density at radius 1 is 1.43 bits per heavy atom. The second-order valence-corrected chi connectivity index (χ2v) is 6.89. The van der Waals surface area contributed by atoms with Crippen molar-refractivity contribution in [1.29, 1.82) is 0 Å². The van der Waals surface area contributed by atoms with Crippen LogP contribution in [0.4, 0.5) is 11.4 Å². The number of sulfonamides is 1. The van der Waals surface area contributed by atoms with Crippen LogP contribution >= 0.6 is 0 Å². The molecule has 1 aromatic rings. The van der Waals surface area contributed by atoms with Gasteiger partial charge in [0.25, 0.3) is 5.69 Å². The molecule has 2 unspecified atom stereocenters. The van der Waals surface area contributed by atoms with Crippen molar-refractivity contribution < 1.29 is 13.3 Å². The molecule has 0 amide bonds. The number of nitro groups is 1. The van der Waals surface area contributed by atoms with Gasteiger partial charge in [0.1, 0.15) is 5.69 Å². The van der Waals surface area contributed by atoms with Crippen LogP contribution in [0, 0.1) is 16.0 Å². The average Bonchev–Trinajstić information content (AvgIpc) is 2.40. The van der Waals surface area contributed by atoms with Crippen LogP contribution in [-0.2, 0) is 10.0 Å². The Kier molecular flexibility index (Phi) is 4.17. The lowest BCUT2D eigenvalue weighted by Gasteiger charge is -2.36. The average molecular weight is 314 g/mol. The maximum absolute atomic E-state index is 11.3. The van der Waals surface area contributed by atoms with E-state index in [0.29, 0.717) is 18.8 Å². The standard InChI is InChI=1S/C12H18N4O4S/c1-8-7-15(5-4-10(8)13)11-3-2-9(21(14,19)20)6-12(11)16(17)18/h2-3,6,8,10H,4-5,7,13H2,1H3,(H2,14,19,20). The fraction of sp³-hybridized carbons (Fsp3) is 0.500. The van der Waals surface area contributed by atoms with Crippen LogP contribution in [0.3, 0.4) is 0 Å². The predicted octanol–water partition coefficient (Wildman–Crippen LogP) is 0.416. The monoisotopic (exact) mass is 314 g/mol. The van der Waals surface area contributed by atoms with Gasteiger partial charge < -0.3 is 10.6 Å². The normalized spacial score (nSPS) is 23.1. The maximum atomic E-state index is 11.3. The third kappa shape index (κ3) is 3.31. The summed E-state index contributed by atoms with van der Waals surface area (Å²) >= 11 is 0. The molecule has 1 heterocycles. The number of primary sulfonamides is 1. The van der Waals surface area contributed by atoms with Crippen molar-refractivity contribution in [2.45, 2.75) is 24.3 Å². The SMILES string of the molecule is CC1CN(c2ccc(S(N)(=O)=O)cc2[N+](=O)[O-])CCC1N. The molecule has 2 atom stereocenters. The summed E-state index contributed by atoms with van der Waals surface area (Å²) < 4.78 is 22.6. The summed E-state index contributed by atoms with van der Waals surface area (Å²) in [4.78, 5) is 12.2. The molecule has 21 heavy (non-hydrogen) atoms. The van der Waals surface area contributed by atoms with E-state index in [1.165, 1.54) is 12.1 Å². The predicted molar refractivity (Wildman–Crippen MR) is 78.4 cm³/mol. The molecule has 0 aliphatic carbocycles. The lowest BCUT2D eigenvalue weighted by Crippen LogP contribution is -2.46. The number of hydrogen-bond donors (Lipinski definition) is 2. The molecule has 0 aromatic heterocycles. The molecule has 1 aliphatic rings. The summed E-state index contributed by atoms with van der Waals surface area (Å²) in [6.07, 6.45) is 0.731. The Morgan fingerprint density at radius 2 is 2.10 bits per heavy atom. The highest BCUT2D eigenvalue weighted by atomic mass is 32.2. The Labute approximate surface area is 122 Å². The first-order chi connectivity index (χ1) is 9.70. The quantitative estimate of drug-likeness (QED) is 0.613. The minimum Gasteiger partial charge on any atom is -0.366 e. The Balaban J connectivity index is 2.42. The zero-order chi connectivity index (χ0) is 15.8. The van der Waals surface area contributed by atoms with E-state index in [9.17, 15) is 18.5 Å². The van der Waals surface area contributed by atoms with Gasteiger partial charge in [-0.3, -0.25) is 10.1 Å². The molecule has 9 heteroatoms. The van der Waals surface area contributed by atoms with E-state index in [0.717, 1.165) is 12.5 Å². The van der Waals surface area contributed by atoms with Gasteiger partial charge in [0, 0.05) is 25.2 Å². The molecular formula is C12H18N4O4S. The van der Waals surface area contributed by atoms with Gasteiger partial charge in [-0.05, 0) is 24.5 Å².